The van der Waals surface area contributed by atoms with E-state index >= 15 is 0 Å². The zero-order valence-electron chi connectivity index (χ0n) is 11.1. The second kappa shape index (κ2) is 6.97. The van der Waals surface area contributed by atoms with Gasteiger partial charge in [-0.3, -0.25) is 4.79 Å². The molecule has 1 rings (SSSR count). The summed E-state index contributed by atoms with van der Waals surface area (Å²) in [5, 5.41) is 8.99. The van der Waals surface area contributed by atoms with Crippen molar-refractivity contribution in [3.05, 3.63) is 0 Å². The van der Waals surface area contributed by atoms with E-state index in [1.807, 2.05) is 6.92 Å². The molecule has 3 unspecified atom stereocenters. The van der Waals surface area contributed by atoms with Crippen molar-refractivity contribution in [1.82, 2.24) is 4.90 Å². The molecule has 4 heteroatoms. The first-order valence-electron chi connectivity index (χ1n) is 6.75. The maximum absolute atomic E-state index is 12.3. The van der Waals surface area contributed by atoms with Crippen molar-refractivity contribution in [3.63, 3.8) is 0 Å². The topological polar surface area (TPSA) is 66.6 Å². The van der Waals surface area contributed by atoms with E-state index in [-0.39, 0.29) is 24.5 Å². The van der Waals surface area contributed by atoms with E-state index in [1.165, 1.54) is 0 Å². The number of carbonyl (C=O) groups is 1. The second-order valence-corrected chi connectivity index (χ2v) is 5.20. The number of aliphatic hydroxyl groups is 1. The third-order valence-corrected chi connectivity index (χ3v) is 3.78. The Morgan fingerprint density at radius 3 is 2.65 bits per heavy atom. The molecular weight excluding hydrogens is 216 g/mol. The fourth-order valence-corrected chi connectivity index (χ4v) is 2.56. The summed E-state index contributed by atoms with van der Waals surface area (Å²) in [6, 6.07) is 0.148. The normalized spacial score (nSPS) is 29.1. The Bertz CT molecular complexity index is 240. The number of hydrogen-bond acceptors (Lipinski definition) is 3. The zero-order chi connectivity index (χ0) is 12.8. The fourth-order valence-electron chi connectivity index (χ4n) is 2.56. The van der Waals surface area contributed by atoms with Crippen LogP contribution in [0.15, 0.2) is 0 Å². The van der Waals surface area contributed by atoms with E-state index in [1.54, 1.807) is 4.90 Å². The maximum atomic E-state index is 12.3. The molecule has 0 heterocycles. The van der Waals surface area contributed by atoms with Crippen molar-refractivity contribution >= 4 is 5.91 Å². The minimum absolute atomic E-state index is 0.0426. The van der Waals surface area contributed by atoms with Gasteiger partial charge in [0.05, 0.1) is 6.61 Å². The highest BCUT2D eigenvalue weighted by Gasteiger charge is 2.31. The minimum Gasteiger partial charge on any atom is -0.395 e. The van der Waals surface area contributed by atoms with Gasteiger partial charge in [0.25, 0.3) is 0 Å². The molecule has 4 nitrogen and oxygen atoms in total. The summed E-state index contributed by atoms with van der Waals surface area (Å²) in [5.74, 6) is 0.777. The van der Waals surface area contributed by atoms with Gasteiger partial charge >= 0.3 is 0 Å². The van der Waals surface area contributed by atoms with Crippen LogP contribution in [-0.4, -0.2) is 41.7 Å². The number of nitrogens with zero attached hydrogens (tertiary/aromatic N) is 1. The van der Waals surface area contributed by atoms with Crippen LogP contribution in [0.3, 0.4) is 0 Å². The van der Waals surface area contributed by atoms with Crippen molar-refractivity contribution in [2.75, 3.05) is 19.7 Å². The lowest BCUT2D eigenvalue weighted by Gasteiger charge is -2.34. The molecule has 1 aliphatic carbocycles. The highest BCUT2D eigenvalue weighted by Crippen LogP contribution is 2.29. The molecule has 1 saturated carbocycles. The average molecular weight is 242 g/mol. The van der Waals surface area contributed by atoms with Gasteiger partial charge in [-0.2, -0.15) is 0 Å². The standard InChI is InChI=1S/C13H26N2O2/c1-3-6-15(7-8-16)13(17)11-5-4-10(2)12(14)9-11/h10-12,16H,3-9,14H2,1-2H3. The van der Waals surface area contributed by atoms with Gasteiger partial charge in [-0.15, -0.1) is 0 Å². The van der Waals surface area contributed by atoms with Crippen LogP contribution >= 0.6 is 0 Å². The van der Waals surface area contributed by atoms with Crippen LogP contribution in [0, 0.1) is 11.8 Å². The Labute approximate surface area is 104 Å². The van der Waals surface area contributed by atoms with Gasteiger partial charge in [0.15, 0.2) is 0 Å². The van der Waals surface area contributed by atoms with E-state index < -0.39 is 0 Å². The Balaban J connectivity index is 2.55. The third-order valence-electron chi connectivity index (χ3n) is 3.78. The number of rotatable bonds is 5. The zero-order valence-corrected chi connectivity index (χ0v) is 11.1. The molecule has 0 bridgehead atoms. The van der Waals surface area contributed by atoms with Gasteiger partial charge in [0.2, 0.25) is 5.91 Å². The molecule has 0 saturated heterocycles. The Morgan fingerprint density at radius 1 is 1.41 bits per heavy atom. The molecule has 0 aromatic rings. The molecule has 3 N–H and O–H groups in total. The lowest BCUT2D eigenvalue weighted by atomic mass is 9.79. The molecule has 17 heavy (non-hydrogen) atoms. The molecule has 1 aliphatic rings. The molecule has 100 valence electrons. The van der Waals surface area contributed by atoms with Gasteiger partial charge in [0, 0.05) is 25.0 Å². The average Bonchev–Trinajstić information content (AvgIpc) is 2.31. The van der Waals surface area contributed by atoms with Crippen LogP contribution in [0.25, 0.3) is 0 Å². The Hall–Kier alpha value is -0.610. The smallest absolute Gasteiger partial charge is 0.225 e. The minimum atomic E-state index is 0.0426. The van der Waals surface area contributed by atoms with Crippen molar-refractivity contribution in [3.8, 4) is 0 Å². The molecule has 1 amide bonds. The number of aliphatic hydroxyl groups excluding tert-OH is 1. The number of nitrogens with two attached hydrogens (primary N) is 1. The van der Waals surface area contributed by atoms with Crippen molar-refractivity contribution in [1.29, 1.82) is 0 Å². The van der Waals surface area contributed by atoms with Gasteiger partial charge in [-0.05, 0) is 31.6 Å². The second-order valence-electron chi connectivity index (χ2n) is 5.20. The van der Waals surface area contributed by atoms with Gasteiger partial charge in [0.1, 0.15) is 0 Å². The lowest BCUT2D eigenvalue weighted by Crippen LogP contribution is -2.44. The molecule has 0 spiro atoms. The summed E-state index contributed by atoms with van der Waals surface area (Å²) in [6.07, 6.45) is 3.71. The SMILES string of the molecule is CCCN(CCO)C(=O)C1CCC(C)C(N)C1. The molecular formula is C13H26N2O2. The molecule has 0 aliphatic heterocycles. The largest absolute Gasteiger partial charge is 0.395 e. The van der Waals surface area contributed by atoms with Crippen molar-refractivity contribution in [2.24, 2.45) is 17.6 Å². The number of amides is 1. The van der Waals surface area contributed by atoms with Crippen molar-refractivity contribution in [2.45, 2.75) is 45.6 Å². The maximum Gasteiger partial charge on any atom is 0.225 e. The van der Waals surface area contributed by atoms with E-state index in [0.29, 0.717) is 12.5 Å². The highest BCUT2D eigenvalue weighted by atomic mass is 16.3. The monoisotopic (exact) mass is 242 g/mol. The molecule has 3 atom stereocenters. The quantitative estimate of drug-likeness (QED) is 0.755. The van der Waals surface area contributed by atoms with Crippen LogP contribution < -0.4 is 5.73 Å². The molecule has 0 aromatic carbocycles. The van der Waals surface area contributed by atoms with E-state index in [9.17, 15) is 4.79 Å². The Kier molecular flexibility index (Phi) is 5.92. The Morgan fingerprint density at radius 2 is 2.12 bits per heavy atom. The summed E-state index contributed by atoms with van der Waals surface area (Å²) in [4.78, 5) is 14.1. The van der Waals surface area contributed by atoms with Crippen LogP contribution in [0.2, 0.25) is 0 Å². The van der Waals surface area contributed by atoms with Gasteiger partial charge < -0.3 is 15.7 Å². The van der Waals surface area contributed by atoms with E-state index in [2.05, 4.69) is 6.92 Å². The fraction of sp³-hybridized carbons (Fsp3) is 0.923. The summed E-state index contributed by atoms with van der Waals surface area (Å²) in [5.41, 5.74) is 6.03. The van der Waals surface area contributed by atoms with Crippen LogP contribution in [0.5, 0.6) is 0 Å². The predicted molar refractivity (Wildman–Crippen MR) is 68.4 cm³/mol. The van der Waals surface area contributed by atoms with Crippen LogP contribution in [0.1, 0.15) is 39.5 Å². The van der Waals surface area contributed by atoms with E-state index in [0.717, 1.165) is 32.2 Å². The third kappa shape index (κ3) is 3.96. The van der Waals surface area contributed by atoms with Crippen LogP contribution in [0.4, 0.5) is 0 Å². The van der Waals surface area contributed by atoms with E-state index in [4.69, 9.17) is 10.8 Å². The summed E-state index contributed by atoms with van der Waals surface area (Å²) >= 11 is 0. The first-order chi connectivity index (χ1) is 8.10. The lowest BCUT2D eigenvalue weighted by molar-refractivity contribution is -0.137. The summed E-state index contributed by atoms with van der Waals surface area (Å²) in [6.45, 7) is 5.44. The first-order valence-corrected chi connectivity index (χ1v) is 6.75. The molecule has 0 radical (unpaired) electrons. The van der Waals surface area contributed by atoms with Gasteiger partial charge in [-0.1, -0.05) is 13.8 Å². The highest BCUT2D eigenvalue weighted by molar-refractivity contribution is 5.79. The predicted octanol–water partition coefficient (Wildman–Crippen LogP) is 0.981. The van der Waals surface area contributed by atoms with Crippen LogP contribution in [-0.2, 0) is 4.79 Å². The number of hydrogen-bond donors (Lipinski definition) is 2. The van der Waals surface area contributed by atoms with Gasteiger partial charge in [-0.25, -0.2) is 0 Å². The summed E-state index contributed by atoms with van der Waals surface area (Å²) in [7, 11) is 0. The summed E-state index contributed by atoms with van der Waals surface area (Å²) < 4.78 is 0. The number of carbonyl (C=O) groups excluding carboxylic acids is 1. The van der Waals surface area contributed by atoms with Crippen molar-refractivity contribution < 1.29 is 9.90 Å². The first kappa shape index (κ1) is 14.5. The molecule has 0 aromatic heterocycles. The molecule has 1 fully saturated rings.